The zero-order valence-corrected chi connectivity index (χ0v) is 18.2. The smallest absolute Gasteiger partial charge is 0.407 e. The van der Waals surface area contributed by atoms with Crippen LogP contribution in [0.1, 0.15) is 23.5 Å². The van der Waals surface area contributed by atoms with Gasteiger partial charge in [-0.3, -0.25) is 4.79 Å². The van der Waals surface area contributed by atoms with Crippen molar-refractivity contribution in [2.75, 3.05) is 26.9 Å². The lowest BCUT2D eigenvalue weighted by atomic mass is 9.98. The lowest BCUT2D eigenvalue weighted by Crippen LogP contribution is -2.50. The minimum absolute atomic E-state index is 0.0695. The largest absolute Gasteiger partial charge is 0.479 e. The summed E-state index contributed by atoms with van der Waals surface area (Å²) in [7, 11) is 1.34. The number of carbonyl (C=O) groups is 3. The molecule has 9 heteroatoms. The molecular formula is C24H26N2O7. The standard InChI is InChI=1S/C24H26N2O7/c1-31-20(22(27)26-19-10-11-32-21(19)23(28)29)12-25-24(30)33-13-18-16-8-4-2-6-14(16)15-7-3-5-9-17(15)18/h2-9,18-21H,10-13H2,1H3,(H,25,30)(H,26,27)(H,28,29)/t19-,20?,21+/m0/s1. The molecule has 3 atom stereocenters. The van der Waals surface area contributed by atoms with Crippen molar-refractivity contribution in [1.82, 2.24) is 10.6 Å². The summed E-state index contributed by atoms with van der Waals surface area (Å²) >= 11 is 0. The molecule has 1 heterocycles. The van der Waals surface area contributed by atoms with Crippen molar-refractivity contribution in [3.05, 3.63) is 59.7 Å². The Kier molecular flexibility index (Phi) is 6.90. The lowest BCUT2D eigenvalue weighted by molar-refractivity contribution is -0.148. The van der Waals surface area contributed by atoms with Gasteiger partial charge in [-0.25, -0.2) is 9.59 Å². The van der Waals surface area contributed by atoms with Gasteiger partial charge >= 0.3 is 12.1 Å². The third kappa shape index (κ3) is 4.84. The van der Waals surface area contributed by atoms with E-state index in [1.54, 1.807) is 0 Å². The predicted molar refractivity (Wildman–Crippen MR) is 118 cm³/mol. The summed E-state index contributed by atoms with van der Waals surface area (Å²) < 4.78 is 15.8. The maximum Gasteiger partial charge on any atom is 0.407 e. The summed E-state index contributed by atoms with van der Waals surface area (Å²) in [5.74, 6) is -1.73. The van der Waals surface area contributed by atoms with Crippen molar-refractivity contribution < 1.29 is 33.7 Å². The van der Waals surface area contributed by atoms with Crippen molar-refractivity contribution in [2.24, 2.45) is 0 Å². The molecule has 1 fully saturated rings. The molecule has 1 saturated heterocycles. The Balaban J connectivity index is 1.30. The van der Waals surface area contributed by atoms with Gasteiger partial charge in [-0.2, -0.15) is 0 Å². The molecule has 1 unspecified atom stereocenters. The zero-order chi connectivity index (χ0) is 23.4. The zero-order valence-electron chi connectivity index (χ0n) is 18.2. The fourth-order valence-corrected chi connectivity index (χ4v) is 4.36. The number of nitrogens with one attached hydrogen (secondary N) is 2. The van der Waals surface area contributed by atoms with Gasteiger partial charge in [0.15, 0.2) is 12.2 Å². The summed E-state index contributed by atoms with van der Waals surface area (Å²) in [6.07, 6.45) is -2.37. The Hall–Kier alpha value is -3.43. The molecule has 1 aliphatic carbocycles. The minimum Gasteiger partial charge on any atom is -0.479 e. The van der Waals surface area contributed by atoms with E-state index in [9.17, 15) is 14.4 Å². The van der Waals surface area contributed by atoms with Crippen molar-refractivity contribution in [3.63, 3.8) is 0 Å². The molecule has 0 aromatic heterocycles. The van der Waals surface area contributed by atoms with Crippen LogP contribution in [-0.2, 0) is 23.8 Å². The molecule has 3 N–H and O–H groups in total. The molecule has 9 nitrogen and oxygen atoms in total. The number of alkyl carbamates (subject to hydrolysis) is 1. The van der Waals surface area contributed by atoms with Gasteiger partial charge in [0.05, 0.1) is 12.6 Å². The van der Waals surface area contributed by atoms with E-state index in [0.717, 1.165) is 22.3 Å². The number of carbonyl (C=O) groups excluding carboxylic acids is 2. The first-order valence-corrected chi connectivity index (χ1v) is 10.8. The quantitative estimate of drug-likeness (QED) is 0.557. The van der Waals surface area contributed by atoms with Gasteiger partial charge in [-0.05, 0) is 28.7 Å². The molecule has 0 spiro atoms. The second-order valence-electron chi connectivity index (χ2n) is 7.96. The third-order valence-electron chi connectivity index (χ3n) is 6.02. The highest BCUT2D eigenvalue weighted by molar-refractivity contribution is 5.83. The predicted octanol–water partition coefficient (Wildman–Crippen LogP) is 1.90. The summed E-state index contributed by atoms with van der Waals surface area (Å²) in [5.41, 5.74) is 4.47. The number of rotatable bonds is 8. The highest BCUT2D eigenvalue weighted by atomic mass is 16.5. The molecule has 2 aliphatic rings. The fraction of sp³-hybridized carbons (Fsp3) is 0.375. The molecule has 1 aliphatic heterocycles. The Morgan fingerprint density at radius 1 is 1.09 bits per heavy atom. The Morgan fingerprint density at radius 2 is 1.73 bits per heavy atom. The highest BCUT2D eigenvalue weighted by Gasteiger charge is 2.36. The lowest BCUT2D eigenvalue weighted by Gasteiger charge is -2.21. The monoisotopic (exact) mass is 454 g/mol. The van der Waals surface area contributed by atoms with Gasteiger partial charge in [0.1, 0.15) is 6.61 Å². The van der Waals surface area contributed by atoms with Gasteiger partial charge < -0.3 is 30.0 Å². The molecule has 2 aromatic rings. The third-order valence-corrected chi connectivity index (χ3v) is 6.02. The van der Waals surface area contributed by atoms with Crippen LogP contribution in [0.15, 0.2) is 48.5 Å². The number of ether oxygens (including phenoxy) is 3. The molecule has 2 amide bonds. The van der Waals surface area contributed by atoms with Gasteiger partial charge in [0, 0.05) is 19.6 Å². The number of methoxy groups -OCH3 is 1. The minimum atomic E-state index is -1.14. The van der Waals surface area contributed by atoms with Crippen LogP contribution in [0.25, 0.3) is 11.1 Å². The second-order valence-corrected chi connectivity index (χ2v) is 7.96. The number of hydrogen-bond acceptors (Lipinski definition) is 6. The van der Waals surface area contributed by atoms with Crippen molar-refractivity contribution >= 4 is 18.0 Å². The fourth-order valence-electron chi connectivity index (χ4n) is 4.36. The van der Waals surface area contributed by atoms with E-state index in [4.69, 9.17) is 19.3 Å². The summed E-state index contributed by atoms with van der Waals surface area (Å²) in [5, 5.41) is 14.3. The van der Waals surface area contributed by atoms with E-state index in [1.165, 1.54) is 7.11 Å². The molecule has 4 rings (SSSR count). The number of carboxylic acids is 1. The SMILES string of the molecule is COC(CNC(=O)OCC1c2ccccc2-c2ccccc21)C(=O)N[C@H]1CCO[C@H]1C(=O)O. The van der Waals surface area contributed by atoms with E-state index in [-0.39, 0.29) is 25.7 Å². The molecule has 174 valence electrons. The average Bonchev–Trinajstić information content (AvgIpc) is 3.41. The van der Waals surface area contributed by atoms with Gasteiger partial charge in [0.2, 0.25) is 0 Å². The molecule has 33 heavy (non-hydrogen) atoms. The van der Waals surface area contributed by atoms with E-state index >= 15 is 0 Å². The molecule has 0 radical (unpaired) electrons. The summed E-state index contributed by atoms with van der Waals surface area (Å²) in [4.78, 5) is 36.0. The van der Waals surface area contributed by atoms with E-state index in [0.29, 0.717) is 6.42 Å². The van der Waals surface area contributed by atoms with E-state index in [2.05, 4.69) is 22.8 Å². The molecule has 0 bridgehead atoms. The maximum atomic E-state index is 12.5. The average molecular weight is 454 g/mol. The molecular weight excluding hydrogens is 428 g/mol. The van der Waals surface area contributed by atoms with Crippen molar-refractivity contribution in [3.8, 4) is 11.1 Å². The second kappa shape index (κ2) is 10.0. The maximum absolute atomic E-state index is 12.5. The van der Waals surface area contributed by atoms with Crippen LogP contribution in [-0.4, -0.2) is 68.2 Å². The normalized spacial score (nSPS) is 19.9. The first-order valence-electron chi connectivity index (χ1n) is 10.8. The van der Waals surface area contributed by atoms with E-state index in [1.807, 2.05) is 36.4 Å². The number of fused-ring (bicyclic) bond motifs is 3. The van der Waals surface area contributed by atoms with Crippen molar-refractivity contribution in [1.29, 1.82) is 0 Å². The van der Waals surface area contributed by atoms with Gasteiger partial charge in [-0.15, -0.1) is 0 Å². The number of benzene rings is 2. The number of hydrogen-bond donors (Lipinski definition) is 3. The van der Waals surface area contributed by atoms with Gasteiger partial charge in [0.25, 0.3) is 5.91 Å². The summed E-state index contributed by atoms with van der Waals surface area (Å²) in [6, 6.07) is 15.4. The van der Waals surface area contributed by atoms with Crippen LogP contribution in [0, 0.1) is 0 Å². The topological polar surface area (TPSA) is 123 Å². The van der Waals surface area contributed by atoms with Crippen LogP contribution in [0.2, 0.25) is 0 Å². The Bertz CT molecular complexity index is 995. The van der Waals surface area contributed by atoms with Crippen LogP contribution < -0.4 is 10.6 Å². The van der Waals surface area contributed by atoms with Crippen LogP contribution >= 0.6 is 0 Å². The Morgan fingerprint density at radius 3 is 2.33 bits per heavy atom. The number of carboxylic acid groups (broad SMARTS) is 1. The Labute approximate surface area is 191 Å². The molecule has 0 saturated carbocycles. The van der Waals surface area contributed by atoms with Crippen LogP contribution in [0.3, 0.4) is 0 Å². The van der Waals surface area contributed by atoms with E-state index < -0.39 is 36.2 Å². The highest BCUT2D eigenvalue weighted by Crippen LogP contribution is 2.44. The van der Waals surface area contributed by atoms with Gasteiger partial charge in [-0.1, -0.05) is 48.5 Å². The summed E-state index contributed by atoms with van der Waals surface area (Å²) in [6.45, 7) is 0.283. The number of amides is 2. The number of aliphatic carboxylic acids is 1. The first-order chi connectivity index (χ1) is 16.0. The molecule has 2 aromatic carbocycles. The van der Waals surface area contributed by atoms with Crippen LogP contribution in [0.4, 0.5) is 4.79 Å². The van der Waals surface area contributed by atoms with Crippen molar-refractivity contribution in [2.45, 2.75) is 30.6 Å². The first kappa shape index (κ1) is 22.8. The van der Waals surface area contributed by atoms with Crippen LogP contribution in [0.5, 0.6) is 0 Å².